The van der Waals surface area contributed by atoms with Gasteiger partial charge >= 0.3 is 0 Å². The van der Waals surface area contributed by atoms with E-state index in [9.17, 15) is 0 Å². The minimum absolute atomic E-state index is 0.0399. The van der Waals surface area contributed by atoms with Gasteiger partial charge in [0, 0.05) is 22.4 Å². The Labute approximate surface area is 124 Å². The predicted octanol–water partition coefficient (Wildman–Crippen LogP) is 4.39. The van der Waals surface area contributed by atoms with Crippen molar-refractivity contribution in [3.8, 4) is 0 Å². The summed E-state index contributed by atoms with van der Waals surface area (Å²) in [5.41, 5.74) is 1.96. The number of benzene rings is 1. The first-order valence-corrected chi connectivity index (χ1v) is 6.86. The Morgan fingerprint density at radius 3 is 2.55 bits per heavy atom. The van der Waals surface area contributed by atoms with Gasteiger partial charge in [0.05, 0.1) is 0 Å². The lowest BCUT2D eigenvalue weighted by atomic mass is 10.1. The van der Waals surface area contributed by atoms with Crippen molar-refractivity contribution >= 4 is 29.1 Å². The van der Waals surface area contributed by atoms with Gasteiger partial charge in [-0.25, -0.2) is 4.98 Å². The van der Waals surface area contributed by atoms with Crippen LogP contribution in [0, 0.1) is 6.92 Å². The summed E-state index contributed by atoms with van der Waals surface area (Å²) in [6.45, 7) is 8.26. The number of anilines is 3. The van der Waals surface area contributed by atoms with E-state index in [2.05, 4.69) is 41.4 Å². The van der Waals surface area contributed by atoms with Crippen molar-refractivity contribution in [2.75, 3.05) is 10.6 Å². The highest BCUT2D eigenvalue weighted by Crippen LogP contribution is 2.22. The molecule has 0 saturated heterocycles. The van der Waals surface area contributed by atoms with Gasteiger partial charge in [0.1, 0.15) is 5.82 Å². The summed E-state index contributed by atoms with van der Waals surface area (Å²) in [7, 11) is 0. The summed E-state index contributed by atoms with van der Waals surface area (Å²) in [5, 5.41) is 7.24. The maximum absolute atomic E-state index is 5.95. The van der Waals surface area contributed by atoms with Gasteiger partial charge in [-0.3, -0.25) is 0 Å². The fraction of sp³-hybridized carbons (Fsp3) is 0.333. The molecule has 0 aliphatic heterocycles. The first-order chi connectivity index (χ1) is 9.33. The average Bonchev–Trinajstić information content (AvgIpc) is 2.31. The van der Waals surface area contributed by atoms with Gasteiger partial charge in [-0.15, -0.1) is 0 Å². The number of hydrogen-bond donors (Lipinski definition) is 2. The van der Waals surface area contributed by atoms with Gasteiger partial charge in [0.25, 0.3) is 0 Å². The number of rotatable bonds is 3. The van der Waals surface area contributed by atoms with Crippen molar-refractivity contribution < 1.29 is 0 Å². The lowest BCUT2D eigenvalue weighted by Crippen LogP contribution is -2.26. The predicted molar refractivity (Wildman–Crippen MR) is 84.9 cm³/mol. The highest BCUT2D eigenvalue weighted by Gasteiger charge is 2.11. The molecule has 2 aromatic rings. The van der Waals surface area contributed by atoms with Crippen LogP contribution >= 0.6 is 11.6 Å². The van der Waals surface area contributed by atoms with Crippen LogP contribution in [0.4, 0.5) is 17.5 Å². The van der Waals surface area contributed by atoms with E-state index in [0.29, 0.717) is 5.95 Å². The van der Waals surface area contributed by atoms with Gasteiger partial charge < -0.3 is 10.6 Å². The highest BCUT2D eigenvalue weighted by atomic mass is 35.5. The Hall–Kier alpha value is -1.81. The molecule has 5 heteroatoms. The zero-order valence-corrected chi connectivity index (χ0v) is 12.9. The minimum atomic E-state index is -0.0399. The Morgan fingerprint density at radius 2 is 1.90 bits per heavy atom. The van der Waals surface area contributed by atoms with E-state index in [4.69, 9.17) is 11.6 Å². The van der Waals surface area contributed by atoms with E-state index in [0.717, 1.165) is 22.1 Å². The van der Waals surface area contributed by atoms with Crippen LogP contribution in [-0.2, 0) is 0 Å². The molecular weight excluding hydrogens is 272 g/mol. The van der Waals surface area contributed by atoms with Crippen LogP contribution in [0.25, 0.3) is 0 Å². The standard InChI is InChI=1S/C15H19ClN4/c1-10-9-11(16)5-6-12(10)18-14-17-8-7-13(19-14)20-15(2,3)4/h5-9H,1-4H3,(H2,17,18,19,20). The van der Waals surface area contributed by atoms with Crippen molar-refractivity contribution in [3.63, 3.8) is 0 Å². The fourth-order valence-electron chi connectivity index (χ4n) is 1.76. The summed E-state index contributed by atoms with van der Waals surface area (Å²) in [6.07, 6.45) is 1.73. The molecule has 0 aliphatic carbocycles. The molecule has 106 valence electrons. The second kappa shape index (κ2) is 5.67. The molecule has 0 unspecified atom stereocenters. The smallest absolute Gasteiger partial charge is 0.229 e. The third-order valence-corrected chi connectivity index (χ3v) is 2.83. The summed E-state index contributed by atoms with van der Waals surface area (Å²) in [4.78, 5) is 8.68. The van der Waals surface area contributed by atoms with Crippen molar-refractivity contribution in [1.82, 2.24) is 9.97 Å². The molecule has 2 N–H and O–H groups in total. The molecule has 4 nitrogen and oxygen atoms in total. The van der Waals surface area contributed by atoms with Crippen LogP contribution < -0.4 is 10.6 Å². The molecule has 0 fully saturated rings. The number of nitrogens with zero attached hydrogens (tertiary/aromatic N) is 2. The Bertz CT molecular complexity index is 605. The SMILES string of the molecule is Cc1cc(Cl)ccc1Nc1nccc(NC(C)(C)C)n1. The summed E-state index contributed by atoms with van der Waals surface area (Å²) in [5.74, 6) is 1.35. The summed E-state index contributed by atoms with van der Waals surface area (Å²) >= 11 is 5.95. The van der Waals surface area contributed by atoms with E-state index < -0.39 is 0 Å². The maximum atomic E-state index is 5.95. The van der Waals surface area contributed by atoms with Crippen LogP contribution in [-0.4, -0.2) is 15.5 Å². The second-order valence-electron chi connectivity index (χ2n) is 5.72. The number of aromatic nitrogens is 2. The van der Waals surface area contributed by atoms with E-state index in [-0.39, 0.29) is 5.54 Å². The molecule has 0 spiro atoms. The third-order valence-electron chi connectivity index (χ3n) is 2.59. The van der Waals surface area contributed by atoms with Crippen LogP contribution in [0.3, 0.4) is 0 Å². The number of nitrogens with one attached hydrogen (secondary N) is 2. The molecule has 1 aromatic carbocycles. The topological polar surface area (TPSA) is 49.8 Å². The highest BCUT2D eigenvalue weighted by molar-refractivity contribution is 6.30. The maximum Gasteiger partial charge on any atom is 0.229 e. The summed E-state index contributed by atoms with van der Waals surface area (Å²) < 4.78 is 0. The zero-order chi connectivity index (χ0) is 14.8. The lowest BCUT2D eigenvalue weighted by Gasteiger charge is -2.21. The van der Waals surface area contributed by atoms with Crippen molar-refractivity contribution in [2.45, 2.75) is 33.2 Å². The van der Waals surface area contributed by atoms with E-state index in [1.165, 1.54) is 0 Å². The second-order valence-corrected chi connectivity index (χ2v) is 6.16. The van der Waals surface area contributed by atoms with Crippen LogP contribution in [0.2, 0.25) is 5.02 Å². The first-order valence-electron chi connectivity index (χ1n) is 6.48. The first kappa shape index (κ1) is 14.6. The van der Waals surface area contributed by atoms with Gasteiger partial charge in [-0.2, -0.15) is 4.98 Å². The van der Waals surface area contributed by atoms with Crippen molar-refractivity contribution in [3.05, 3.63) is 41.0 Å². The minimum Gasteiger partial charge on any atom is -0.365 e. The number of halogens is 1. The molecule has 0 aliphatic rings. The van der Waals surface area contributed by atoms with E-state index >= 15 is 0 Å². The van der Waals surface area contributed by atoms with E-state index in [1.807, 2.05) is 31.2 Å². The Balaban J connectivity index is 2.19. The van der Waals surface area contributed by atoms with Crippen molar-refractivity contribution in [2.24, 2.45) is 0 Å². The average molecular weight is 291 g/mol. The normalized spacial score (nSPS) is 11.2. The lowest BCUT2D eigenvalue weighted by molar-refractivity contribution is 0.630. The molecule has 1 heterocycles. The quantitative estimate of drug-likeness (QED) is 0.880. The Morgan fingerprint density at radius 1 is 1.15 bits per heavy atom. The Kier molecular flexibility index (Phi) is 4.14. The van der Waals surface area contributed by atoms with Gasteiger partial charge in [-0.1, -0.05) is 11.6 Å². The molecule has 0 saturated carbocycles. The third kappa shape index (κ3) is 4.10. The van der Waals surface area contributed by atoms with Gasteiger partial charge in [0.2, 0.25) is 5.95 Å². The molecule has 0 amide bonds. The van der Waals surface area contributed by atoms with Crippen LogP contribution in [0.15, 0.2) is 30.5 Å². The molecule has 0 bridgehead atoms. The van der Waals surface area contributed by atoms with Crippen molar-refractivity contribution in [1.29, 1.82) is 0 Å². The molecule has 2 rings (SSSR count). The molecule has 0 atom stereocenters. The largest absolute Gasteiger partial charge is 0.365 e. The molecule has 0 radical (unpaired) electrons. The van der Waals surface area contributed by atoms with Gasteiger partial charge in [0.15, 0.2) is 0 Å². The molecule has 1 aromatic heterocycles. The van der Waals surface area contributed by atoms with E-state index in [1.54, 1.807) is 6.20 Å². The van der Waals surface area contributed by atoms with Crippen LogP contribution in [0.5, 0.6) is 0 Å². The number of hydrogen-bond acceptors (Lipinski definition) is 4. The van der Waals surface area contributed by atoms with Crippen LogP contribution in [0.1, 0.15) is 26.3 Å². The summed E-state index contributed by atoms with van der Waals surface area (Å²) in [6, 6.07) is 7.52. The number of aryl methyl sites for hydroxylation is 1. The fourth-order valence-corrected chi connectivity index (χ4v) is 1.99. The van der Waals surface area contributed by atoms with Gasteiger partial charge in [-0.05, 0) is 57.5 Å². The zero-order valence-electron chi connectivity index (χ0n) is 12.2. The monoisotopic (exact) mass is 290 g/mol. The molecule has 20 heavy (non-hydrogen) atoms. The molecular formula is C15H19ClN4.